The summed E-state index contributed by atoms with van der Waals surface area (Å²) in [7, 11) is 0. The maximum atomic E-state index is 10.6. The van der Waals surface area contributed by atoms with Crippen molar-refractivity contribution in [2.45, 2.75) is 55.1 Å². The lowest BCUT2D eigenvalue weighted by Gasteiger charge is -2.19. The van der Waals surface area contributed by atoms with Crippen LogP contribution in [0, 0.1) is 0 Å². The monoisotopic (exact) mass is 445 g/mol. The summed E-state index contributed by atoms with van der Waals surface area (Å²) in [5, 5.41) is 34.3. The van der Waals surface area contributed by atoms with E-state index in [9.17, 15) is 15.3 Å². The first-order valence-corrected chi connectivity index (χ1v) is 11.4. The summed E-state index contributed by atoms with van der Waals surface area (Å²) in [5.41, 5.74) is 2.27. The van der Waals surface area contributed by atoms with Crippen LogP contribution in [0.1, 0.15) is 31.6 Å². The van der Waals surface area contributed by atoms with Gasteiger partial charge >= 0.3 is 0 Å². The average Bonchev–Trinajstić information content (AvgIpc) is 3.30. The first-order valence-electron chi connectivity index (χ1n) is 10.4. The number of benzene rings is 1. The SMILES string of the molecule is CCCCNc1nc2c(SCc3ccccc3)ncnc2n1C1O[C@H](CO)[C@@H](O)[C@H]1O. The predicted octanol–water partition coefficient (Wildman–Crippen LogP) is 1.94. The van der Waals surface area contributed by atoms with E-state index in [1.165, 1.54) is 11.9 Å². The van der Waals surface area contributed by atoms with Gasteiger partial charge in [0, 0.05) is 12.3 Å². The van der Waals surface area contributed by atoms with Crippen molar-refractivity contribution in [1.82, 2.24) is 19.5 Å². The number of nitrogens with one attached hydrogen (secondary N) is 1. The van der Waals surface area contributed by atoms with Crippen LogP contribution in [-0.4, -0.2) is 66.3 Å². The molecule has 10 heteroatoms. The van der Waals surface area contributed by atoms with Gasteiger partial charge in [-0.2, -0.15) is 0 Å². The first kappa shape index (κ1) is 22.0. The topological polar surface area (TPSA) is 126 Å². The van der Waals surface area contributed by atoms with E-state index in [0.29, 0.717) is 23.7 Å². The number of fused-ring (bicyclic) bond motifs is 1. The third-order valence-corrected chi connectivity index (χ3v) is 6.30. The van der Waals surface area contributed by atoms with Gasteiger partial charge in [0.1, 0.15) is 35.2 Å². The highest BCUT2D eigenvalue weighted by Gasteiger charge is 2.45. The van der Waals surface area contributed by atoms with Crippen molar-refractivity contribution in [3.8, 4) is 0 Å². The van der Waals surface area contributed by atoms with E-state index >= 15 is 0 Å². The molecule has 1 unspecified atom stereocenters. The van der Waals surface area contributed by atoms with Gasteiger partial charge in [0.05, 0.1) is 6.61 Å². The molecule has 2 aromatic heterocycles. The van der Waals surface area contributed by atoms with Gasteiger partial charge in [0.2, 0.25) is 5.95 Å². The molecule has 0 radical (unpaired) electrons. The van der Waals surface area contributed by atoms with Crippen molar-refractivity contribution in [3.63, 3.8) is 0 Å². The standard InChI is InChI=1S/C21H27N5O4S/c1-2-3-9-22-21-25-15-18(26(21)20-17(29)16(28)14(10-27)30-20)23-12-24-19(15)31-11-13-7-5-4-6-8-13/h4-8,12,14,16-17,20,27-29H,2-3,9-11H2,1H3,(H,22,25)/t14-,16-,17-,20?/m1/s1. The number of aromatic nitrogens is 4. The van der Waals surface area contributed by atoms with Crippen LogP contribution in [0.2, 0.25) is 0 Å². The van der Waals surface area contributed by atoms with Crippen molar-refractivity contribution in [2.75, 3.05) is 18.5 Å². The fraction of sp³-hybridized carbons (Fsp3) is 0.476. The maximum Gasteiger partial charge on any atom is 0.207 e. The van der Waals surface area contributed by atoms with E-state index in [2.05, 4.69) is 34.3 Å². The molecule has 3 heterocycles. The Labute approximate surface area is 184 Å². The predicted molar refractivity (Wildman–Crippen MR) is 118 cm³/mol. The molecule has 31 heavy (non-hydrogen) atoms. The lowest BCUT2D eigenvalue weighted by Crippen LogP contribution is -2.33. The number of hydrogen-bond donors (Lipinski definition) is 4. The van der Waals surface area contributed by atoms with Crippen LogP contribution in [0.15, 0.2) is 41.7 Å². The molecule has 3 aromatic rings. The van der Waals surface area contributed by atoms with Crippen molar-refractivity contribution < 1.29 is 20.1 Å². The number of aliphatic hydroxyl groups excluding tert-OH is 3. The second-order valence-corrected chi connectivity index (χ2v) is 8.40. The maximum absolute atomic E-state index is 10.6. The smallest absolute Gasteiger partial charge is 0.207 e. The lowest BCUT2D eigenvalue weighted by molar-refractivity contribution is -0.0501. The Hall–Kier alpha value is -2.24. The first-order chi connectivity index (χ1) is 15.1. The average molecular weight is 446 g/mol. The van der Waals surface area contributed by atoms with Crippen LogP contribution < -0.4 is 5.32 Å². The summed E-state index contributed by atoms with van der Waals surface area (Å²) in [5.74, 6) is 1.21. The number of rotatable bonds is 9. The third kappa shape index (κ3) is 4.53. The quantitative estimate of drug-likeness (QED) is 0.222. The Morgan fingerprint density at radius 1 is 1.16 bits per heavy atom. The molecule has 0 amide bonds. The van der Waals surface area contributed by atoms with Crippen LogP contribution in [0.25, 0.3) is 11.2 Å². The van der Waals surface area contributed by atoms with Gasteiger partial charge in [-0.05, 0) is 12.0 Å². The van der Waals surface area contributed by atoms with E-state index in [1.807, 2.05) is 18.2 Å². The number of thioether (sulfide) groups is 1. The van der Waals surface area contributed by atoms with Gasteiger partial charge in [-0.25, -0.2) is 15.0 Å². The molecule has 1 aliphatic rings. The van der Waals surface area contributed by atoms with E-state index in [-0.39, 0.29) is 0 Å². The minimum absolute atomic E-state index is 0.396. The molecule has 1 saturated heterocycles. The lowest BCUT2D eigenvalue weighted by atomic mass is 10.1. The minimum Gasteiger partial charge on any atom is -0.394 e. The van der Waals surface area contributed by atoms with E-state index in [4.69, 9.17) is 9.72 Å². The Morgan fingerprint density at radius 2 is 1.97 bits per heavy atom. The van der Waals surface area contributed by atoms with Crippen LogP contribution in [-0.2, 0) is 10.5 Å². The Kier molecular flexibility index (Phi) is 7.03. The van der Waals surface area contributed by atoms with Crippen LogP contribution in [0.5, 0.6) is 0 Å². The summed E-state index contributed by atoms with van der Waals surface area (Å²) in [6.07, 6.45) is -0.816. The highest BCUT2D eigenvalue weighted by molar-refractivity contribution is 7.98. The molecule has 0 spiro atoms. The summed E-state index contributed by atoms with van der Waals surface area (Å²) in [6, 6.07) is 10.1. The molecule has 1 fully saturated rings. The molecule has 0 bridgehead atoms. The molecular formula is C21H27N5O4S. The second kappa shape index (κ2) is 9.92. The largest absolute Gasteiger partial charge is 0.394 e. The van der Waals surface area contributed by atoms with Crippen LogP contribution >= 0.6 is 11.8 Å². The Bertz CT molecular complexity index is 1000. The number of imidazole rings is 1. The summed E-state index contributed by atoms with van der Waals surface area (Å²) >= 11 is 1.55. The highest BCUT2D eigenvalue weighted by Crippen LogP contribution is 2.36. The highest BCUT2D eigenvalue weighted by atomic mass is 32.2. The molecule has 0 aliphatic carbocycles. The van der Waals surface area contributed by atoms with Crippen molar-refractivity contribution in [1.29, 1.82) is 0 Å². The number of aliphatic hydroxyl groups is 3. The number of nitrogens with zero attached hydrogens (tertiary/aromatic N) is 4. The minimum atomic E-state index is -1.23. The fourth-order valence-corrected chi connectivity index (χ4v) is 4.45. The molecule has 9 nitrogen and oxygen atoms in total. The van der Waals surface area contributed by atoms with Gasteiger partial charge in [0.25, 0.3) is 0 Å². The second-order valence-electron chi connectivity index (χ2n) is 7.44. The molecule has 4 atom stereocenters. The summed E-state index contributed by atoms with van der Waals surface area (Å²) < 4.78 is 7.43. The van der Waals surface area contributed by atoms with Crippen LogP contribution in [0.4, 0.5) is 5.95 Å². The van der Waals surface area contributed by atoms with Gasteiger partial charge in [-0.15, -0.1) is 0 Å². The molecule has 166 valence electrons. The Balaban J connectivity index is 1.70. The molecule has 4 N–H and O–H groups in total. The number of hydrogen-bond acceptors (Lipinski definition) is 9. The zero-order chi connectivity index (χ0) is 21.8. The molecule has 4 rings (SSSR count). The van der Waals surface area contributed by atoms with Crippen molar-refractivity contribution >= 4 is 28.9 Å². The number of anilines is 1. The van der Waals surface area contributed by atoms with Crippen molar-refractivity contribution in [3.05, 3.63) is 42.2 Å². The van der Waals surface area contributed by atoms with Gasteiger partial charge < -0.3 is 25.4 Å². The molecule has 0 saturated carbocycles. The number of unbranched alkanes of at least 4 members (excludes halogenated alkanes) is 1. The van der Waals surface area contributed by atoms with Gasteiger partial charge in [-0.1, -0.05) is 55.4 Å². The zero-order valence-electron chi connectivity index (χ0n) is 17.3. The van der Waals surface area contributed by atoms with E-state index < -0.39 is 31.1 Å². The van der Waals surface area contributed by atoms with E-state index in [1.54, 1.807) is 16.3 Å². The Morgan fingerprint density at radius 3 is 2.68 bits per heavy atom. The number of ether oxygens (including phenoxy) is 1. The third-order valence-electron chi connectivity index (χ3n) is 5.25. The van der Waals surface area contributed by atoms with Crippen LogP contribution in [0.3, 0.4) is 0 Å². The molecule has 1 aliphatic heterocycles. The zero-order valence-corrected chi connectivity index (χ0v) is 18.1. The summed E-state index contributed by atoms with van der Waals surface area (Å²) in [6.45, 7) is 2.39. The van der Waals surface area contributed by atoms with E-state index in [0.717, 1.165) is 23.6 Å². The fourth-order valence-electron chi connectivity index (χ4n) is 3.56. The molecular weight excluding hydrogens is 418 g/mol. The summed E-state index contributed by atoms with van der Waals surface area (Å²) in [4.78, 5) is 13.5. The molecule has 1 aromatic carbocycles. The van der Waals surface area contributed by atoms with Gasteiger partial charge in [-0.3, -0.25) is 4.57 Å². The van der Waals surface area contributed by atoms with Crippen molar-refractivity contribution in [2.24, 2.45) is 0 Å². The van der Waals surface area contributed by atoms with Gasteiger partial charge in [0.15, 0.2) is 11.9 Å². The normalized spacial score (nSPS) is 23.5.